The monoisotopic (exact) mass is 417 g/mol. The van der Waals surface area contributed by atoms with Crippen LogP contribution >= 0.6 is 11.3 Å². The molecule has 4 rings (SSSR count). The maximum Gasteiger partial charge on any atom is 0.434 e. The highest BCUT2D eigenvalue weighted by atomic mass is 32.2. The highest BCUT2D eigenvalue weighted by molar-refractivity contribution is 7.93. The molecule has 0 radical (unpaired) electrons. The molecular formula is C17H18F3N3O2S2. The van der Waals surface area contributed by atoms with Gasteiger partial charge in [-0.1, -0.05) is 18.2 Å². The van der Waals surface area contributed by atoms with Crippen LogP contribution in [0, 0.1) is 0 Å². The molecule has 1 saturated heterocycles. The number of sulfonamides is 1. The van der Waals surface area contributed by atoms with Crippen LogP contribution in [0.25, 0.3) is 0 Å². The first-order valence-electron chi connectivity index (χ1n) is 8.64. The Morgan fingerprint density at radius 3 is 2.70 bits per heavy atom. The molecule has 0 bridgehead atoms. The number of halogens is 3. The van der Waals surface area contributed by atoms with Crippen LogP contribution in [0.2, 0.25) is 0 Å². The zero-order valence-electron chi connectivity index (χ0n) is 14.3. The van der Waals surface area contributed by atoms with Gasteiger partial charge in [-0.3, -0.25) is 4.31 Å². The van der Waals surface area contributed by atoms with Crippen LogP contribution < -0.4 is 9.21 Å². The van der Waals surface area contributed by atoms with E-state index in [4.69, 9.17) is 0 Å². The van der Waals surface area contributed by atoms with E-state index < -0.39 is 27.1 Å². The van der Waals surface area contributed by atoms with Gasteiger partial charge in [0.2, 0.25) is 10.0 Å². The first kappa shape index (κ1) is 18.5. The average Bonchev–Trinajstić information content (AvgIpc) is 3.29. The van der Waals surface area contributed by atoms with Crippen molar-refractivity contribution in [1.82, 2.24) is 4.98 Å². The number of alkyl halides is 3. The Bertz CT molecular complexity index is 943. The Morgan fingerprint density at radius 2 is 1.96 bits per heavy atom. The molecule has 10 heteroatoms. The molecular weight excluding hydrogens is 399 g/mol. The third kappa shape index (κ3) is 3.40. The van der Waals surface area contributed by atoms with E-state index in [2.05, 4.69) is 4.98 Å². The number of hydrogen-bond acceptors (Lipinski definition) is 5. The number of thiazole rings is 1. The third-order valence-electron chi connectivity index (χ3n) is 5.00. The molecule has 1 aromatic carbocycles. The predicted octanol–water partition coefficient (Wildman–Crippen LogP) is 3.52. The Balaban J connectivity index is 1.55. The lowest BCUT2D eigenvalue weighted by molar-refractivity contribution is -0.140. The quantitative estimate of drug-likeness (QED) is 0.767. The fourth-order valence-corrected chi connectivity index (χ4v) is 6.51. The Kier molecular flexibility index (Phi) is 4.58. The lowest BCUT2D eigenvalue weighted by Crippen LogP contribution is -2.47. The molecule has 0 aliphatic carbocycles. The first-order valence-corrected chi connectivity index (χ1v) is 11.0. The van der Waals surface area contributed by atoms with Crippen LogP contribution in [0.1, 0.15) is 24.1 Å². The summed E-state index contributed by atoms with van der Waals surface area (Å²) in [5.74, 6) is 0. The van der Waals surface area contributed by atoms with Gasteiger partial charge in [0.25, 0.3) is 0 Å². The van der Waals surface area contributed by atoms with E-state index in [9.17, 15) is 21.6 Å². The third-order valence-corrected chi connectivity index (χ3v) is 8.13. The summed E-state index contributed by atoms with van der Waals surface area (Å²) in [4.78, 5) is 5.33. The molecule has 0 amide bonds. The molecule has 3 heterocycles. The summed E-state index contributed by atoms with van der Waals surface area (Å²) in [7, 11) is -3.59. The van der Waals surface area contributed by atoms with Gasteiger partial charge in [-0.25, -0.2) is 13.4 Å². The summed E-state index contributed by atoms with van der Waals surface area (Å²) in [6.07, 6.45) is -2.72. The van der Waals surface area contributed by atoms with Crippen molar-refractivity contribution in [1.29, 1.82) is 0 Å². The van der Waals surface area contributed by atoms with Crippen molar-refractivity contribution in [2.75, 3.05) is 28.8 Å². The number of rotatable bonds is 3. The number of nitrogens with zero attached hydrogens (tertiary/aromatic N) is 3. The lowest BCUT2D eigenvalue weighted by atomic mass is 10.1. The second-order valence-corrected chi connectivity index (χ2v) is 9.69. The van der Waals surface area contributed by atoms with Crippen molar-refractivity contribution in [3.63, 3.8) is 0 Å². The highest BCUT2D eigenvalue weighted by Crippen LogP contribution is 2.36. The molecule has 1 aromatic heterocycles. The molecule has 2 aliphatic rings. The summed E-state index contributed by atoms with van der Waals surface area (Å²) in [6.45, 7) is 1.08. The normalized spacial score (nSPS) is 20.8. The number of hydrogen-bond donors (Lipinski definition) is 0. The number of fused-ring (bicyclic) bond motifs is 1. The molecule has 1 unspecified atom stereocenters. The molecule has 1 fully saturated rings. The van der Waals surface area contributed by atoms with Crippen LogP contribution in [0.3, 0.4) is 0 Å². The van der Waals surface area contributed by atoms with Crippen molar-refractivity contribution in [3.05, 3.63) is 40.9 Å². The van der Waals surface area contributed by atoms with Crippen molar-refractivity contribution < 1.29 is 21.6 Å². The van der Waals surface area contributed by atoms with Gasteiger partial charge in [-0.15, -0.1) is 11.3 Å². The summed E-state index contributed by atoms with van der Waals surface area (Å²) >= 11 is 0.903. The summed E-state index contributed by atoms with van der Waals surface area (Å²) in [5, 5.41) is 0.546. The van der Waals surface area contributed by atoms with Gasteiger partial charge in [0.05, 0.1) is 10.9 Å². The number of para-hydroxylation sites is 1. The molecule has 1 atom stereocenters. The molecule has 5 nitrogen and oxygen atoms in total. The van der Waals surface area contributed by atoms with Crippen LogP contribution in [-0.4, -0.2) is 38.3 Å². The number of piperidine rings is 1. The Labute approximate surface area is 159 Å². The van der Waals surface area contributed by atoms with E-state index >= 15 is 0 Å². The van der Waals surface area contributed by atoms with Gasteiger partial charge in [-0.2, -0.15) is 13.2 Å². The molecule has 2 aliphatic heterocycles. The minimum Gasteiger partial charge on any atom is -0.347 e. The summed E-state index contributed by atoms with van der Waals surface area (Å²) in [5.41, 5.74) is 0.785. The zero-order chi connectivity index (χ0) is 19.2. The van der Waals surface area contributed by atoms with E-state index in [-0.39, 0.29) is 11.7 Å². The largest absolute Gasteiger partial charge is 0.434 e. The van der Waals surface area contributed by atoms with Crippen LogP contribution in [0.15, 0.2) is 29.6 Å². The van der Waals surface area contributed by atoms with Crippen molar-refractivity contribution in [2.24, 2.45) is 0 Å². The second-order valence-electron chi connectivity index (χ2n) is 6.72. The predicted molar refractivity (Wildman–Crippen MR) is 98.8 cm³/mol. The smallest absolute Gasteiger partial charge is 0.347 e. The highest BCUT2D eigenvalue weighted by Gasteiger charge is 2.39. The minimum atomic E-state index is -4.49. The van der Waals surface area contributed by atoms with E-state index in [1.54, 1.807) is 11.0 Å². The first-order chi connectivity index (χ1) is 12.8. The van der Waals surface area contributed by atoms with Crippen molar-refractivity contribution in [2.45, 2.75) is 30.7 Å². The maximum absolute atomic E-state index is 13.2. The number of anilines is 2. The Hall–Kier alpha value is -1.81. The summed E-state index contributed by atoms with van der Waals surface area (Å²) in [6, 6.07) is 7.43. The molecule has 146 valence electrons. The second kappa shape index (κ2) is 6.66. The number of aromatic nitrogens is 1. The average molecular weight is 417 g/mol. The number of benzene rings is 1. The van der Waals surface area contributed by atoms with Gasteiger partial charge in [0.15, 0.2) is 10.8 Å². The molecule has 0 N–H and O–H groups in total. The molecule has 27 heavy (non-hydrogen) atoms. The van der Waals surface area contributed by atoms with Crippen LogP contribution in [0.4, 0.5) is 24.0 Å². The topological polar surface area (TPSA) is 53.5 Å². The maximum atomic E-state index is 13.2. The van der Waals surface area contributed by atoms with Gasteiger partial charge >= 0.3 is 6.18 Å². The summed E-state index contributed by atoms with van der Waals surface area (Å²) < 4.78 is 66.3. The van der Waals surface area contributed by atoms with Crippen molar-refractivity contribution >= 4 is 32.2 Å². The molecule has 0 spiro atoms. The zero-order valence-corrected chi connectivity index (χ0v) is 15.9. The van der Waals surface area contributed by atoms with E-state index in [0.717, 1.165) is 22.3 Å². The SMILES string of the molecule is O=S(=O)(C1CCCN(c2nc(C(F)(F)F)cs2)C1)N1CCc2ccccc21. The van der Waals surface area contributed by atoms with Crippen LogP contribution in [-0.2, 0) is 22.6 Å². The minimum absolute atomic E-state index is 0.159. The fourth-order valence-electron chi connectivity index (χ4n) is 3.65. The van der Waals surface area contributed by atoms with Crippen molar-refractivity contribution in [3.8, 4) is 0 Å². The van der Waals surface area contributed by atoms with E-state index in [0.29, 0.717) is 38.0 Å². The van der Waals surface area contributed by atoms with E-state index in [1.165, 1.54) is 4.31 Å². The van der Waals surface area contributed by atoms with Gasteiger partial charge in [-0.05, 0) is 30.9 Å². The van der Waals surface area contributed by atoms with E-state index in [1.807, 2.05) is 18.2 Å². The van der Waals surface area contributed by atoms with Gasteiger partial charge < -0.3 is 4.90 Å². The van der Waals surface area contributed by atoms with Gasteiger partial charge in [0, 0.05) is 25.0 Å². The lowest BCUT2D eigenvalue weighted by Gasteiger charge is -2.34. The standard InChI is InChI=1S/C17H18F3N3O2S2/c18-17(19,20)15-11-26-16(21-15)22-8-3-5-13(10-22)27(24,25)23-9-7-12-4-1-2-6-14(12)23/h1-2,4,6,11,13H,3,5,7-10H2. The fraction of sp³-hybridized carbons (Fsp3) is 0.471. The Morgan fingerprint density at radius 1 is 1.19 bits per heavy atom. The molecule has 0 saturated carbocycles. The van der Waals surface area contributed by atoms with Crippen LogP contribution in [0.5, 0.6) is 0 Å². The molecule has 2 aromatic rings. The van der Waals surface area contributed by atoms with Gasteiger partial charge in [0.1, 0.15) is 0 Å².